The van der Waals surface area contributed by atoms with Crippen molar-refractivity contribution in [2.24, 2.45) is 0 Å². The zero-order chi connectivity index (χ0) is 22.5. The second-order valence-corrected chi connectivity index (χ2v) is 6.89. The molecule has 9 nitrogen and oxygen atoms in total. The molecule has 31 heavy (non-hydrogen) atoms. The largest absolute Gasteiger partial charge is 0.492 e. The number of carbonyl (C=O) groups excluding carboxylic acids is 2. The highest BCUT2D eigenvalue weighted by Gasteiger charge is 2.24. The Morgan fingerprint density at radius 3 is 2.55 bits per heavy atom. The van der Waals surface area contributed by atoms with Gasteiger partial charge in [0, 0.05) is 5.39 Å². The minimum atomic E-state index is -0.620. The van der Waals surface area contributed by atoms with Crippen LogP contribution < -0.4 is 21.3 Å². The number of hydrogen-bond donors (Lipinski definition) is 3. The van der Waals surface area contributed by atoms with E-state index in [1.54, 1.807) is 32.0 Å². The quantitative estimate of drug-likeness (QED) is 0.453. The molecular weight excluding hydrogens is 445 g/mol. The van der Waals surface area contributed by atoms with Crippen molar-refractivity contribution in [1.82, 2.24) is 15.4 Å². The van der Waals surface area contributed by atoms with Crippen molar-refractivity contribution in [2.45, 2.75) is 13.8 Å². The van der Waals surface area contributed by atoms with E-state index in [0.29, 0.717) is 10.9 Å². The summed E-state index contributed by atoms with van der Waals surface area (Å²) in [6, 6.07) is 6.30. The Hall–Kier alpha value is -3.14. The third kappa shape index (κ3) is 4.63. The number of para-hydroxylation sites is 1. The number of nitrogens with two attached hydrogens (primary N) is 1. The summed E-state index contributed by atoms with van der Waals surface area (Å²) in [6.45, 7) is 4.00. The maximum absolute atomic E-state index is 13.1. The molecule has 0 saturated carbocycles. The lowest BCUT2D eigenvalue weighted by Crippen LogP contribution is -2.24. The molecule has 162 valence electrons. The van der Waals surface area contributed by atoms with Gasteiger partial charge in [-0.2, -0.15) is 0 Å². The summed E-state index contributed by atoms with van der Waals surface area (Å²) < 4.78 is 5.50. The van der Waals surface area contributed by atoms with E-state index in [1.165, 1.54) is 12.4 Å². The van der Waals surface area contributed by atoms with E-state index in [2.05, 4.69) is 20.8 Å². The number of rotatable bonds is 7. The van der Waals surface area contributed by atoms with Gasteiger partial charge in [-0.1, -0.05) is 29.3 Å². The van der Waals surface area contributed by atoms with Gasteiger partial charge in [0.1, 0.15) is 22.9 Å². The average Bonchev–Trinajstić information content (AvgIpc) is 2.76. The third-order valence-corrected chi connectivity index (χ3v) is 4.97. The Morgan fingerprint density at radius 1 is 1.06 bits per heavy atom. The maximum Gasteiger partial charge on any atom is 0.276 e. The molecule has 2 aromatic carbocycles. The van der Waals surface area contributed by atoms with Crippen LogP contribution >= 0.6 is 23.2 Å². The van der Waals surface area contributed by atoms with Gasteiger partial charge in [0.2, 0.25) is 0 Å². The van der Waals surface area contributed by atoms with Gasteiger partial charge in [0.25, 0.3) is 11.8 Å². The SMILES string of the molecule is CCONC(=O)c1cc(OCC)c(Cl)c(NC(=O)c2cccc3c(N)ncnc23)c1Cl. The number of benzene rings is 2. The summed E-state index contributed by atoms with van der Waals surface area (Å²) in [6.07, 6.45) is 1.26. The number of hydrogen-bond acceptors (Lipinski definition) is 7. The fourth-order valence-electron chi connectivity index (χ4n) is 2.81. The topological polar surface area (TPSA) is 128 Å². The van der Waals surface area contributed by atoms with E-state index >= 15 is 0 Å². The Morgan fingerprint density at radius 2 is 1.84 bits per heavy atom. The van der Waals surface area contributed by atoms with Gasteiger partial charge in [-0.3, -0.25) is 14.4 Å². The molecule has 1 aromatic heterocycles. The molecule has 0 atom stereocenters. The zero-order valence-electron chi connectivity index (χ0n) is 16.7. The average molecular weight is 464 g/mol. The van der Waals surface area contributed by atoms with Crippen LogP contribution in [0.25, 0.3) is 10.9 Å². The molecule has 0 aliphatic heterocycles. The van der Waals surface area contributed by atoms with Crippen LogP contribution in [-0.4, -0.2) is 35.0 Å². The predicted octanol–water partition coefficient (Wildman–Crippen LogP) is 3.85. The van der Waals surface area contributed by atoms with Crippen molar-refractivity contribution in [3.63, 3.8) is 0 Å². The minimum Gasteiger partial charge on any atom is -0.492 e. The Balaban J connectivity index is 2.06. The van der Waals surface area contributed by atoms with Gasteiger partial charge >= 0.3 is 0 Å². The van der Waals surface area contributed by atoms with Crippen LogP contribution in [0.1, 0.15) is 34.6 Å². The smallest absolute Gasteiger partial charge is 0.276 e. The van der Waals surface area contributed by atoms with Crippen LogP contribution in [0.4, 0.5) is 11.5 Å². The monoisotopic (exact) mass is 463 g/mol. The van der Waals surface area contributed by atoms with Crippen LogP contribution in [-0.2, 0) is 4.84 Å². The molecule has 0 saturated heterocycles. The van der Waals surface area contributed by atoms with Crippen molar-refractivity contribution in [3.05, 3.63) is 51.8 Å². The normalized spacial score (nSPS) is 10.7. The lowest BCUT2D eigenvalue weighted by molar-refractivity contribution is 0.0364. The number of fused-ring (bicyclic) bond motifs is 1. The molecule has 3 aromatic rings. The summed E-state index contributed by atoms with van der Waals surface area (Å²) in [5.41, 5.74) is 8.74. The number of nitrogen functional groups attached to an aromatic ring is 1. The predicted molar refractivity (Wildman–Crippen MR) is 119 cm³/mol. The second kappa shape index (κ2) is 9.78. The van der Waals surface area contributed by atoms with Crippen molar-refractivity contribution < 1.29 is 19.2 Å². The van der Waals surface area contributed by atoms with Gasteiger partial charge in [-0.05, 0) is 32.0 Å². The Kier molecular flexibility index (Phi) is 7.11. The van der Waals surface area contributed by atoms with Crippen LogP contribution in [0.15, 0.2) is 30.6 Å². The van der Waals surface area contributed by atoms with E-state index in [9.17, 15) is 9.59 Å². The molecule has 0 fully saturated rings. The molecule has 0 aliphatic carbocycles. The molecule has 4 N–H and O–H groups in total. The summed E-state index contributed by atoms with van der Waals surface area (Å²) in [4.78, 5) is 38.5. The lowest BCUT2D eigenvalue weighted by atomic mass is 10.1. The van der Waals surface area contributed by atoms with Gasteiger partial charge < -0.3 is 15.8 Å². The summed E-state index contributed by atoms with van der Waals surface area (Å²) >= 11 is 12.8. The minimum absolute atomic E-state index is 0.0139. The van der Waals surface area contributed by atoms with Crippen molar-refractivity contribution in [1.29, 1.82) is 0 Å². The Labute approximate surface area is 187 Å². The van der Waals surface area contributed by atoms with Crippen molar-refractivity contribution in [2.75, 3.05) is 24.3 Å². The van der Waals surface area contributed by atoms with Gasteiger partial charge in [0.05, 0.1) is 40.6 Å². The van der Waals surface area contributed by atoms with E-state index in [-0.39, 0.29) is 51.6 Å². The Bertz CT molecular complexity index is 1160. The molecule has 2 amide bonds. The fraction of sp³-hybridized carbons (Fsp3) is 0.200. The first-order valence-corrected chi connectivity index (χ1v) is 10.0. The highest BCUT2D eigenvalue weighted by atomic mass is 35.5. The van der Waals surface area contributed by atoms with Crippen molar-refractivity contribution in [3.8, 4) is 5.75 Å². The van der Waals surface area contributed by atoms with E-state index in [1.807, 2.05) is 0 Å². The molecule has 0 aliphatic rings. The highest BCUT2D eigenvalue weighted by Crippen LogP contribution is 2.41. The lowest BCUT2D eigenvalue weighted by Gasteiger charge is -2.17. The first kappa shape index (κ1) is 22.5. The number of halogens is 2. The van der Waals surface area contributed by atoms with Crippen molar-refractivity contribution >= 4 is 57.4 Å². The van der Waals surface area contributed by atoms with E-state index in [4.69, 9.17) is 38.5 Å². The molecule has 0 unspecified atom stereocenters. The van der Waals surface area contributed by atoms with Gasteiger partial charge in [0.15, 0.2) is 0 Å². The molecule has 11 heteroatoms. The van der Waals surface area contributed by atoms with E-state index in [0.717, 1.165) is 0 Å². The first-order valence-electron chi connectivity index (χ1n) is 9.26. The number of ether oxygens (including phenoxy) is 1. The first-order chi connectivity index (χ1) is 14.9. The zero-order valence-corrected chi connectivity index (χ0v) is 18.2. The van der Waals surface area contributed by atoms with Crippen LogP contribution in [0.3, 0.4) is 0 Å². The van der Waals surface area contributed by atoms with Crippen LogP contribution in [0.2, 0.25) is 10.0 Å². The number of aromatic nitrogens is 2. The number of carbonyl (C=O) groups is 2. The number of anilines is 2. The van der Waals surface area contributed by atoms with Gasteiger partial charge in [-0.25, -0.2) is 15.4 Å². The van der Waals surface area contributed by atoms with E-state index < -0.39 is 11.8 Å². The standard InChI is InChI=1S/C20H19Cl2N5O4/c1-3-30-13-8-12(20(29)27-31-4-2)14(21)17(15(13)22)26-19(28)11-7-5-6-10-16(11)24-9-25-18(10)23/h5-9H,3-4H2,1-2H3,(H,26,28)(H,27,29)(H2,23,24,25). The van der Waals surface area contributed by atoms with Gasteiger partial charge in [-0.15, -0.1) is 0 Å². The maximum atomic E-state index is 13.1. The molecular formula is C20H19Cl2N5O4. The molecule has 3 rings (SSSR count). The summed E-state index contributed by atoms with van der Waals surface area (Å²) in [7, 11) is 0. The summed E-state index contributed by atoms with van der Waals surface area (Å²) in [5, 5.41) is 3.14. The number of amides is 2. The summed E-state index contributed by atoms with van der Waals surface area (Å²) in [5.74, 6) is -0.762. The molecule has 1 heterocycles. The van der Waals surface area contributed by atoms with Crippen LogP contribution in [0.5, 0.6) is 5.75 Å². The fourth-order valence-corrected chi connectivity index (χ4v) is 3.39. The number of nitrogens with zero attached hydrogens (tertiary/aromatic N) is 2. The molecule has 0 bridgehead atoms. The highest BCUT2D eigenvalue weighted by molar-refractivity contribution is 6.43. The third-order valence-electron chi connectivity index (χ3n) is 4.20. The second-order valence-electron chi connectivity index (χ2n) is 6.14. The molecule has 0 spiro atoms. The number of hydroxylamine groups is 1. The molecule has 0 radical (unpaired) electrons. The van der Waals surface area contributed by atoms with Crippen LogP contribution in [0, 0.1) is 0 Å². The number of nitrogens with one attached hydrogen (secondary N) is 2.